The monoisotopic (exact) mass is 361 g/mol. The Morgan fingerprint density at radius 3 is 2.96 bits per heavy atom. The van der Waals surface area contributed by atoms with E-state index in [1.807, 2.05) is 6.07 Å². The van der Waals surface area contributed by atoms with E-state index >= 15 is 0 Å². The van der Waals surface area contributed by atoms with E-state index in [4.69, 9.17) is 27.2 Å². The molecule has 0 aromatic carbocycles. The summed E-state index contributed by atoms with van der Waals surface area (Å²) >= 11 is 6.07. The van der Waals surface area contributed by atoms with E-state index in [0.29, 0.717) is 37.1 Å². The van der Waals surface area contributed by atoms with Gasteiger partial charge in [0, 0.05) is 30.4 Å². The maximum atomic E-state index is 12.6. The van der Waals surface area contributed by atoms with Crippen LogP contribution in [0.3, 0.4) is 0 Å². The predicted octanol–water partition coefficient (Wildman–Crippen LogP) is 1.17. The fourth-order valence-corrected chi connectivity index (χ4v) is 3.65. The third kappa shape index (κ3) is 2.82. The zero-order valence-corrected chi connectivity index (χ0v) is 14.8. The number of carbonyl (C=O) groups is 1. The Morgan fingerprint density at radius 2 is 2.28 bits per heavy atom. The zero-order valence-electron chi connectivity index (χ0n) is 14.0. The highest BCUT2D eigenvalue weighted by Gasteiger charge is 2.37. The van der Waals surface area contributed by atoms with Gasteiger partial charge in [0.1, 0.15) is 10.8 Å². The molecule has 2 aromatic rings. The summed E-state index contributed by atoms with van der Waals surface area (Å²) in [6.45, 7) is 3.99. The summed E-state index contributed by atoms with van der Waals surface area (Å²) in [6.07, 6.45) is 3.29. The van der Waals surface area contributed by atoms with Gasteiger partial charge in [0.25, 0.3) is 0 Å². The number of nitrogens with two attached hydrogens (primary N) is 1. The van der Waals surface area contributed by atoms with Gasteiger partial charge in [0.15, 0.2) is 0 Å². The lowest BCUT2D eigenvalue weighted by molar-refractivity contribution is 0.0507. The van der Waals surface area contributed by atoms with Crippen LogP contribution >= 0.6 is 11.6 Å². The molecule has 0 saturated carbocycles. The lowest BCUT2D eigenvalue weighted by atomic mass is 9.90. The smallest absolute Gasteiger partial charge is 0.356 e. The first-order valence-electron chi connectivity index (χ1n) is 8.42. The number of pyridine rings is 1. The van der Waals surface area contributed by atoms with Crippen LogP contribution in [0.15, 0.2) is 12.3 Å². The molecule has 0 radical (unpaired) electrons. The quantitative estimate of drug-likeness (QED) is 0.627. The van der Waals surface area contributed by atoms with Crippen molar-refractivity contribution >= 4 is 17.6 Å². The Bertz CT molecular complexity index is 844. The molecule has 0 spiro atoms. The lowest BCUT2D eigenvalue weighted by Gasteiger charge is -2.39. The van der Waals surface area contributed by atoms with Crippen LogP contribution in [0.5, 0.6) is 0 Å². The number of esters is 1. The molecule has 0 amide bonds. The molecule has 0 bridgehead atoms. The van der Waals surface area contributed by atoms with Crippen LogP contribution in [-0.4, -0.2) is 46.0 Å². The van der Waals surface area contributed by atoms with E-state index in [1.54, 1.807) is 17.8 Å². The largest absolute Gasteiger partial charge is 0.461 e. The first-order valence-corrected chi connectivity index (χ1v) is 8.80. The minimum atomic E-state index is -0.394. The van der Waals surface area contributed by atoms with Crippen LogP contribution in [0, 0.1) is 0 Å². The van der Waals surface area contributed by atoms with E-state index in [2.05, 4.69) is 10.3 Å². The van der Waals surface area contributed by atoms with E-state index in [0.717, 1.165) is 35.2 Å². The molecule has 25 heavy (non-hydrogen) atoms. The van der Waals surface area contributed by atoms with Gasteiger partial charge < -0.3 is 15.8 Å². The number of fused-ring (bicyclic) bond motifs is 3. The van der Waals surface area contributed by atoms with Crippen molar-refractivity contribution in [3.05, 3.63) is 34.2 Å². The molecule has 4 rings (SSSR count). The van der Waals surface area contributed by atoms with E-state index in [-0.39, 0.29) is 5.97 Å². The number of carbonyl (C=O) groups excluding carboxylic acids is 1. The number of rotatable bonds is 4. The molecular weight excluding hydrogens is 342 g/mol. The van der Waals surface area contributed by atoms with Gasteiger partial charge >= 0.3 is 5.97 Å². The number of aromatic nitrogens is 3. The van der Waals surface area contributed by atoms with Crippen LogP contribution in [0.1, 0.15) is 28.5 Å². The molecule has 132 valence electrons. The first kappa shape index (κ1) is 16.5. The highest BCUT2D eigenvalue weighted by molar-refractivity contribution is 6.29. The summed E-state index contributed by atoms with van der Waals surface area (Å²) in [5.41, 5.74) is 10.2. The molecule has 1 aliphatic carbocycles. The fourth-order valence-electron chi connectivity index (χ4n) is 3.49. The first-order chi connectivity index (χ1) is 12.0. The van der Waals surface area contributed by atoms with Crippen LogP contribution in [-0.2, 0) is 24.1 Å². The molecule has 0 atom stereocenters. The second kappa shape index (κ2) is 6.09. The maximum Gasteiger partial charge on any atom is 0.356 e. The van der Waals surface area contributed by atoms with Crippen LogP contribution in [0.4, 0.5) is 0 Å². The number of hydrogen-bond acceptors (Lipinski definition) is 6. The number of halogens is 1. The zero-order chi connectivity index (χ0) is 17.6. The Morgan fingerprint density at radius 1 is 1.48 bits per heavy atom. The van der Waals surface area contributed by atoms with E-state index in [9.17, 15) is 4.79 Å². The number of hydrogen-bond donors (Lipinski definition) is 2. The number of nitrogens with zero attached hydrogens (tertiary/aromatic N) is 3. The maximum absolute atomic E-state index is 12.6. The summed E-state index contributed by atoms with van der Waals surface area (Å²) in [7, 11) is 0. The Balaban J connectivity index is 1.83. The van der Waals surface area contributed by atoms with E-state index in [1.165, 1.54) is 0 Å². The van der Waals surface area contributed by atoms with Crippen LogP contribution < -0.4 is 11.1 Å². The van der Waals surface area contributed by atoms with Gasteiger partial charge in [-0.2, -0.15) is 5.10 Å². The van der Waals surface area contributed by atoms with Crippen LogP contribution in [0.25, 0.3) is 11.3 Å². The standard InChI is InChI=1S/C17H20ClN5O2/c1-2-25-16(24)15-11-4-3-10-6-21-13(18)5-12(10)14(11)22-23(15)9-17(19)7-20-8-17/h5-6,20H,2-4,7-9,19H2,1H3. The average Bonchev–Trinajstić information content (AvgIpc) is 2.92. The number of ether oxygens (including phenoxy) is 1. The normalized spacial score (nSPS) is 17.4. The highest BCUT2D eigenvalue weighted by atomic mass is 35.5. The number of aryl methyl sites for hydroxylation is 1. The summed E-state index contributed by atoms with van der Waals surface area (Å²) < 4.78 is 6.99. The van der Waals surface area contributed by atoms with Gasteiger partial charge in [-0.1, -0.05) is 11.6 Å². The molecule has 3 N–H and O–H groups in total. The molecule has 1 aliphatic heterocycles. The second-order valence-corrected chi connectivity index (χ2v) is 7.07. The number of nitrogens with one attached hydrogen (secondary N) is 1. The van der Waals surface area contributed by atoms with Gasteiger partial charge in [-0.3, -0.25) is 4.68 Å². The van der Waals surface area contributed by atoms with Crippen molar-refractivity contribution in [1.82, 2.24) is 20.1 Å². The van der Waals surface area contributed by atoms with E-state index < -0.39 is 5.54 Å². The molecule has 0 unspecified atom stereocenters. The van der Waals surface area contributed by atoms with Crippen molar-refractivity contribution < 1.29 is 9.53 Å². The van der Waals surface area contributed by atoms with Gasteiger partial charge in [0.2, 0.25) is 0 Å². The van der Waals surface area contributed by atoms with Gasteiger partial charge in [0.05, 0.1) is 24.4 Å². The van der Waals surface area contributed by atoms with Crippen molar-refractivity contribution in [2.24, 2.45) is 5.73 Å². The molecule has 7 nitrogen and oxygen atoms in total. The van der Waals surface area contributed by atoms with Crippen molar-refractivity contribution in [3.8, 4) is 11.3 Å². The Hall–Kier alpha value is -1.96. The molecule has 2 aliphatic rings. The molecular formula is C17H20ClN5O2. The molecule has 2 aromatic heterocycles. The van der Waals surface area contributed by atoms with Gasteiger partial charge in [-0.05, 0) is 31.4 Å². The predicted molar refractivity (Wildman–Crippen MR) is 93.6 cm³/mol. The molecule has 1 saturated heterocycles. The molecule has 1 fully saturated rings. The molecule has 8 heteroatoms. The van der Waals surface area contributed by atoms with Crippen molar-refractivity contribution in [1.29, 1.82) is 0 Å². The topological polar surface area (TPSA) is 95.1 Å². The average molecular weight is 362 g/mol. The summed E-state index contributed by atoms with van der Waals surface area (Å²) in [6, 6.07) is 1.81. The van der Waals surface area contributed by atoms with Gasteiger partial charge in [-0.15, -0.1) is 0 Å². The minimum absolute atomic E-state index is 0.320. The SMILES string of the molecule is CCOC(=O)c1c2c(nn1CC1(N)CNC1)-c1cc(Cl)ncc1CC2. The van der Waals surface area contributed by atoms with Crippen molar-refractivity contribution in [3.63, 3.8) is 0 Å². The Labute approximate surface area is 150 Å². The minimum Gasteiger partial charge on any atom is -0.461 e. The van der Waals surface area contributed by atoms with Crippen LogP contribution in [0.2, 0.25) is 5.15 Å². The van der Waals surface area contributed by atoms with Gasteiger partial charge in [-0.25, -0.2) is 9.78 Å². The van der Waals surface area contributed by atoms with Crippen molar-refractivity contribution in [2.45, 2.75) is 31.8 Å². The van der Waals surface area contributed by atoms with Crippen molar-refractivity contribution in [2.75, 3.05) is 19.7 Å². The summed E-state index contributed by atoms with van der Waals surface area (Å²) in [5, 5.41) is 8.31. The summed E-state index contributed by atoms with van der Waals surface area (Å²) in [4.78, 5) is 16.7. The second-order valence-electron chi connectivity index (χ2n) is 6.68. The summed E-state index contributed by atoms with van der Waals surface area (Å²) in [5.74, 6) is -0.351. The fraction of sp³-hybridized carbons (Fsp3) is 0.471. The lowest BCUT2D eigenvalue weighted by Crippen LogP contribution is -2.67. The third-order valence-electron chi connectivity index (χ3n) is 4.79. The molecule has 3 heterocycles. The Kier molecular flexibility index (Phi) is 4.02. The highest BCUT2D eigenvalue weighted by Crippen LogP contribution is 2.36. The third-order valence-corrected chi connectivity index (χ3v) is 5.00.